The van der Waals surface area contributed by atoms with Gasteiger partial charge in [0.25, 0.3) is 0 Å². The van der Waals surface area contributed by atoms with E-state index in [1.807, 2.05) is 0 Å². The second-order valence-corrected chi connectivity index (χ2v) is 5.78. The Morgan fingerprint density at radius 2 is 1.85 bits per heavy atom. The van der Waals surface area contributed by atoms with Crippen molar-refractivity contribution in [3.63, 3.8) is 0 Å². The maximum atomic E-state index is 6.08. The average molecular weight is 199 g/mol. The first-order valence-electron chi connectivity index (χ1n) is 5.69. The van der Waals surface area contributed by atoms with E-state index in [1.54, 1.807) is 0 Å². The highest BCUT2D eigenvalue weighted by Gasteiger charge is 2.27. The van der Waals surface area contributed by atoms with Crippen LogP contribution >= 0.6 is 11.8 Å². The molecule has 1 aliphatic carbocycles. The highest BCUT2D eigenvalue weighted by Crippen LogP contribution is 2.34. The molecule has 2 unspecified atom stereocenters. The lowest BCUT2D eigenvalue weighted by molar-refractivity contribution is 0.288. The van der Waals surface area contributed by atoms with Crippen molar-refractivity contribution >= 4 is 11.8 Å². The van der Waals surface area contributed by atoms with E-state index >= 15 is 0 Å². The lowest BCUT2D eigenvalue weighted by Crippen LogP contribution is -2.30. The van der Waals surface area contributed by atoms with Crippen molar-refractivity contribution in [2.75, 3.05) is 11.5 Å². The molecule has 13 heavy (non-hydrogen) atoms. The van der Waals surface area contributed by atoms with Crippen LogP contribution in [0.4, 0.5) is 0 Å². The fourth-order valence-corrected chi connectivity index (χ4v) is 4.08. The SMILES string of the molecule is NC1CSCC1CC1CCCCC1. The summed E-state index contributed by atoms with van der Waals surface area (Å²) >= 11 is 2.05. The number of hydrogen-bond donors (Lipinski definition) is 1. The quantitative estimate of drug-likeness (QED) is 0.740. The standard InChI is InChI=1S/C11H21NS/c12-11-8-13-7-10(11)6-9-4-2-1-3-5-9/h9-11H,1-8,12H2. The van der Waals surface area contributed by atoms with Gasteiger partial charge < -0.3 is 5.73 Å². The monoisotopic (exact) mass is 199 g/mol. The van der Waals surface area contributed by atoms with Crippen molar-refractivity contribution in [3.05, 3.63) is 0 Å². The van der Waals surface area contributed by atoms with Gasteiger partial charge >= 0.3 is 0 Å². The van der Waals surface area contributed by atoms with Crippen molar-refractivity contribution < 1.29 is 0 Å². The van der Waals surface area contributed by atoms with Crippen LogP contribution in [0.3, 0.4) is 0 Å². The topological polar surface area (TPSA) is 26.0 Å². The van der Waals surface area contributed by atoms with Gasteiger partial charge in [-0.15, -0.1) is 0 Å². The molecule has 1 saturated carbocycles. The number of nitrogens with two attached hydrogens (primary N) is 1. The Labute approximate surface area is 85.8 Å². The molecule has 1 heterocycles. The molecular weight excluding hydrogens is 178 g/mol. The predicted molar refractivity (Wildman–Crippen MR) is 60.0 cm³/mol. The summed E-state index contributed by atoms with van der Waals surface area (Å²) in [5.74, 6) is 4.39. The van der Waals surface area contributed by atoms with Crippen molar-refractivity contribution in [3.8, 4) is 0 Å². The Kier molecular flexibility index (Phi) is 3.56. The van der Waals surface area contributed by atoms with Crippen LogP contribution in [0.1, 0.15) is 38.5 Å². The zero-order valence-electron chi connectivity index (χ0n) is 8.37. The van der Waals surface area contributed by atoms with Crippen LogP contribution in [0.5, 0.6) is 0 Å². The molecule has 0 spiro atoms. The van der Waals surface area contributed by atoms with E-state index in [2.05, 4.69) is 11.8 Å². The largest absolute Gasteiger partial charge is 0.327 e. The van der Waals surface area contributed by atoms with Gasteiger partial charge in [0.2, 0.25) is 0 Å². The molecule has 1 nitrogen and oxygen atoms in total. The van der Waals surface area contributed by atoms with Crippen molar-refractivity contribution in [1.29, 1.82) is 0 Å². The average Bonchev–Trinajstić information content (AvgIpc) is 2.54. The molecule has 1 saturated heterocycles. The minimum absolute atomic E-state index is 0.506. The first-order chi connectivity index (χ1) is 6.36. The van der Waals surface area contributed by atoms with Gasteiger partial charge in [0.15, 0.2) is 0 Å². The van der Waals surface area contributed by atoms with Gasteiger partial charge in [0, 0.05) is 11.8 Å². The summed E-state index contributed by atoms with van der Waals surface area (Å²) < 4.78 is 0. The molecule has 0 radical (unpaired) electrons. The molecule has 2 atom stereocenters. The molecule has 2 N–H and O–H groups in total. The predicted octanol–water partition coefficient (Wildman–Crippen LogP) is 2.65. The normalized spacial score (nSPS) is 36.7. The molecule has 76 valence electrons. The first kappa shape index (κ1) is 9.85. The van der Waals surface area contributed by atoms with Crippen LogP contribution in [0.25, 0.3) is 0 Å². The van der Waals surface area contributed by atoms with E-state index in [1.165, 1.54) is 50.0 Å². The van der Waals surface area contributed by atoms with E-state index < -0.39 is 0 Å². The smallest absolute Gasteiger partial charge is 0.0166 e. The summed E-state index contributed by atoms with van der Waals surface area (Å²) in [6.45, 7) is 0. The molecule has 0 aromatic carbocycles. The number of rotatable bonds is 2. The van der Waals surface area contributed by atoms with Crippen LogP contribution in [0.15, 0.2) is 0 Å². The van der Waals surface area contributed by atoms with Gasteiger partial charge in [-0.2, -0.15) is 11.8 Å². The fourth-order valence-electron chi connectivity index (χ4n) is 2.71. The summed E-state index contributed by atoms with van der Waals surface area (Å²) in [5, 5.41) is 0. The van der Waals surface area contributed by atoms with Crippen molar-refractivity contribution in [2.24, 2.45) is 17.6 Å². The third-order valence-corrected chi connectivity index (χ3v) is 4.89. The summed E-state index contributed by atoms with van der Waals surface area (Å²) in [6.07, 6.45) is 8.80. The lowest BCUT2D eigenvalue weighted by atomic mass is 9.82. The molecule has 2 rings (SSSR count). The van der Waals surface area contributed by atoms with Crippen LogP contribution in [-0.2, 0) is 0 Å². The van der Waals surface area contributed by atoms with Gasteiger partial charge in [-0.3, -0.25) is 0 Å². The third-order valence-electron chi connectivity index (χ3n) is 3.61. The van der Waals surface area contributed by atoms with Crippen LogP contribution < -0.4 is 5.73 Å². The van der Waals surface area contributed by atoms with Crippen molar-refractivity contribution in [1.82, 2.24) is 0 Å². The highest BCUT2D eigenvalue weighted by molar-refractivity contribution is 7.99. The maximum absolute atomic E-state index is 6.08. The summed E-state index contributed by atoms with van der Waals surface area (Å²) in [4.78, 5) is 0. The molecule has 2 fully saturated rings. The zero-order valence-corrected chi connectivity index (χ0v) is 9.19. The Hall–Kier alpha value is 0.310. The third kappa shape index (κ3) is 2.63. The fraction of sp³-hybridized carbons (Fsp3) is 1.00. The maximum Gasteiger partial charge on any atom is 0.0166 e. The Morgan fingerprint density at radius 1 is 1.08 bits per heavy atom. The van der Waals surface area contributed by atoms with Gasteiger partial charge in [0.05, 0.1) is 0 Å². The first-order valence-corrected chi connectivity index (χ1v) is 6.85. The highest BCUT2D eigenvalue weighted by atomic mass is 32.2. The number of thioether (sulfide) groups is 1. The van der Waals surface area contributed by atoms with Crippen molar-refractivity contribution in [2.45, 2.75) is 44.6 Å². The molecule has 0 aromatic rings. The summed E-state index contributed by atoms with van der Waals surface area (Å²) in [5.41, 5.74) is 6.08. The minimum Gasteiger partial charge on any atom is -0.327 e. The Bertz CT molecular complexity index is 154. The van der Waals surface area contributed by atoms with Crippen LogP contribution in [0.2, 0.25) is 0 Å². The second kappa shape index (κ2) is 4.70. The van der Waals surface area contributed by atoms with E-state index in [4.69, 9.17) is 5.73 Å². The Morgan fingerprint density at radius 3 is 2.46 bits per heavy atom. The van der Waals surface area contributed by atoms with Gasteiger partial charge in [-0.05, 0) is 24.0 Å². The molecule has 1 aliphatic heterocycles. The summed E-state index contributed by atoms with van der Waals surface area (Å²) in [7, 11) is 0. The van der Waals surface area contributed by atoms with E-state index in [9.17, 15) is 0 Å². The number of hydrogen-bond acceptors (Lipinski definition) is 2. The molecule has 0 aromatic heterocycles. The molecule has 0 bridgehead atoms. The van der Waals surface area contributed by atoms with Gasteiger partial charge in [-0.1, -0.05) is 32.1 Å². The van der Waals surface area contributed by atoms with E-state index in [0.717, 1.165) is 11.8 Å². The van der Waals surface area contributed by atoms with E-state index in [-0.39, 0.29) is 0 Å². The molecule has 2 heteroatoms. The molecule has 0 amide bonds. The Balaban J connectivity index is 1.75. The minimum atomic E-state index is 0.506. The molecular formula is C11H21NS. The van der Waals surface area contributed by atoms with Gasteiger partial charge in [-0.25, -0.2) is 0 Å². The second-order valence-electron chi connectivity index (χ2n) is 4.70. The van der Waals surface area contributed by atoms with Crippen LogP contribution in [0, 0.1) is 11.8 Å². The molecule has 2 aliphatic rings. The van der Waals surface area contributed by atoms with Gasteiger partial charge in [0.1, 0.15) is 0 Å². The lowest BCUT2D eigenvalue weighted by Gasteiger charge is -2.25. The zero-order chi connectivity index (χ0) is 9.10. The van der Waals surface area contributed by atoms with E-state index in [0.29, 0.717) is 6.04 Å². The summed E-state index contributed by atoms with van der Waals surface area (Å²) in [6, 6.07) is 0.506. The van der Waals surface area contributed by atoms with Crippen LogP contribution in [-0.4, -0.2) is 17.5 Å².